The average molecular weight is 354 g/mol. The van der Waals surface area contributed by atoms with Crippen molar-refractivity contribution >= 4 is 32.7 Å². The summed E-state index contributed by atoms with van der Waals surface area (Å²) in [5, 5.41) is 18.2. The zero-order valence-corrected chi connectivity index (χ0v) is 13.4. The minimum Gasteiger partial charge on any atom is -0.478 e. The van der Waals surface area contributed by atoms with Crippen LogP contribution >= 0.6 is 0 Å². The number of carbonyl (C=O) groups is 1. The fourth-order valence-corrected chi connectivity index (χ4v) is 3.51. The minimum absolute atomic E-state index is 0.125. The van der Waals surface area contributed by atoms with E-state index in [2.05, 4.69) is 14.7 Å². The third kappa shape index (κ3) is 3.11. The van der Waals surface area contributed by atoms with E-state index in [9.17, 15) is 18.3 Å². The maximum absolute atomic E-state index is 12.7. The second-order valence-electron chi connectivity index (χ2n) is 4.96. The number of aromatic nitrogens is 2. The van der Waals surface area contributed by atoms with Crippen molar-refractivity contribution in [3.63, 3.8) is 0 Å². The molecular weight excluding hydrogens is 344 g/mol. The van der Waals surface area contributed by atoms with E-state index in [1.807, 2.05) is 6.07 Å². The molecule has 8 nitrogen and oxygen atoms in total. The highest BCUT2D eigenvalue weighted by atomic mass is 32.2. The number of hydrogen-bond donors (Lipinski definition) is 2. The van der Waals surface area contributed by atoms with Crippen molar-refractivity contribution in [1.82, 2.24) is 9.97 Å². The van der Waals surface area contributed by atoms with Crippen LogP contribution in [0.15, 0.2) is 53.7 Å². The Morgan fingerprint density at radius 2 is 1.92 bits per heavy atom. The number of hydrogen-bond acceptors (Lipinski definition) is 6. The number of nitrogens with zero attached hydrogens (tertiary/aromatic N) is 3. The van der Waals surface area contributed by atoms with Crippen LogP contribution in [0.5, 0.6) is 0 Å². The van der Waals surface area contributed by atoms with E-state index in [1.54, 1.807) is 6.07 Å². The van der Waals surface area contributed by atoms with E-state index in [4.69, 9.17) is 5.26 Å². The van der Waals surface area contributed by atoms with E-state index in [0.29, 0.717) is 5.52 Å². The first kappa shape index (κ1) is 16.4. The Balaban J connectivity index is 2.14. The standard InChI is InChI=1S/C16H10N4O4S/c17-9-10-4-5-11(16(21)22)13(8-10)20-25(23,24)14-3-1-2-12-15(14)19-7-6-18-12/h1-8,20H,(H,21,22). The van der Waals surface area contributed by atoms with Gasteiger partial charge >= 0.3 is 5.97 Å². The lowest BCUT2D eigenvalue weighted by Gasteiger charge is -2.12. The summed E-state index contributed by atoms with van der Waals surface area (Å²) in [5.41, 5.74) is 0.196. The number of carboxylic acids is 1. The Kier molecular flexibility index (Phi) is 4.04. The summed E-state index contributed by atoms with van der Waals surface area (Å²) in [6.07, 6.45) is 2.80. The zero-order valence-electron chi connectivity index (χ0n) is 12.5. The number of nitriles is 1. The molecule has 0 fully saturated rings. The van der Waals surface area contributed by atoms with Crippen molar-refractivity contribution in [3.8, 4) is 6.07 Å². The van der Waals surface area contributed by atoms with Gasteiger partial charge in [-0.1, -0.05) is 6.07 Å². The average Bonchev–Trinajstić information content (AvgIpc) is 2.60. The van der Waals surface area contributed by atoms with E-state index in [-0.39, 0.29) is 27.2 Å². The fourth-order valence-electron chi connectivity index (χ4n) is 2.27. The number of para-hydroxylation sites is 1. The van der Waals surface area contributed by atoms with Gasteiger partial charge in [-0.3, -0.25) is 14.7 Å². The van der Waals surface area contributed by atoms with Gasteiger partial charge in [0.1, 0.15) is 10.4 Å². The number of carboxylic acid groups (broad SMARTS) is 1. The van der Waals surface area contributed by atoms with Crippen LogP contribution in [0.1, 0.15) is 15.9 Å². The van der Waals surface area contributed by atoms with Gasteiger partial charge in [0.25, 0.3) is 10.0 Å². The summed E-state index contributed by atoms with van der Waals surface area (Å²) >= 11 is 0. The van der Waals surface area contributed by atoms with Crippen LogP contribution in [-0.2, 0) is 10.0 Å². The van der Waals surface area contributed by atoms with Gasteiger partial charge in [-0.25, -0.2) is 13.2 Å². The van der Waals surface area contributed by atoms with Gasteiger partial charge in [0.15, 0.2) is 0 Å². The van der Waals surface area contributed by atoms with Gasteiger partial charge in [-0.2, -0.15) is 5.26 Å². The van der Waals surface area contributed by atoms with Crippen LogP contribution in [0, 0.1) is 11.3 Å². The first-order valence-corrected chi connectivity index (χ1v) is 8.41. The molecule has 2 N–H and O–H groups in total. The molecule has 0 saturated carbocycles. The van der Waals surface area contributed by atoms with Crippen molar-refractivity contribution in [2.24, 2.45) is 0 Å². The number of fused-ring (bicyclic) bond motifs is 1. The molecule has 0 atom stereocenters. The molecule has 0 bridgehead atoms. The van der Waals surface area contributed by atoms with Crippen molar-refractivity contribution in [2.45, 2.75) is 4.90 Å². The molecular formula is C16H10N4O4S. The quantitative estimate of drug-likeness (QED) is 0.732. The Morgan fingerprint density at radius 1 is 1.16 bits per heavy atom. The summed E-state index contributed by atoms with van der Waals surface area (Å²) in [7, 11) is -4.15. The van der Waals surface area contributed by atoms with E-state index < -0.39 is 16.0 Å². The Bertz CT molecular complexity index is 1130. The summed E-state index contributed by atoms with van der Waals surface area (Å²) in [5.74, 6) is -1.32. The molecule has 25 heavy (non-hydrogen) atoms. The number of nitrogens with one attached hydrogen (secondary N) is 1. The van der Waals surface area contributed by atoms with Gasteiger partial charge in [-0.05, 0) is 30.3 Å². The van der Waals surface area contributed by atoms with Crippen LogP contribution in [0.2, 0.25) is 0 Å². The Morgan fingerprint density at radius 3 is 2.64 bits per heavy atom. The van der Waals surface area contributed by atoms with Gasteiger partial charge in [0.2, 0.25) is 0 Å². The molecule has 0 unspecified atom stereocenters. The lowest BCUT2D eigenvalue weighted by Crippen LogP contribution is -2.16. The highest BCUT2D eigenvalue weighted by Gasteiger charge is 2.22. The largest absolute Gasteiger partial charge is 0.478 e. The highest BCUT2D eigenvalue weighted by molar-refractivity contribution is 7.93. The molecule has 0 aliphatic carbocycles. The van der Waals surface area contributed by atoms with Crippen LogP contribution in [0.3, 0.4) is 0 Å². The second kappa shape index (κ2) is 6.18. The topological polar surface area (TPSA) is 133 Å². The van der Waals surface area contributed by atoms with Crippen molar-refractivity contribution in [2.75, 3.05) is 4.72 Å². The Hall–Kier alpha value is -3.51. The van der Waals surface area contributed by atoms with Gasteiger partial charge in [0.05, 0.1) is 28.4 Å². The Labute approximate surface area is 142 Å². The van der Waals surface area contributed by atoms with Crippen LogP contribution in [-0.4, -0.2) is 29.5 Å². The monoisotopic (exact) mass is 354 g/mol. The fraction of sp³-hybridized carbons (Fsp3) is 0. The van der Waals surface area contributed by atoms with Gasteiger partial charge in [0, 0.05) is 12.4 Å². The summed E-state index contributed by atoms with van der Waals surface area (Å²) in [6.45, 7) is 0. The predicted octanol–water partition coefficient (Wildman–Crippen LogP) is 2.00. The lowest BCUT2D eigenvalue weighted by atomic mass is 10.1. The predicted molar refractivity (Wildman–Crippen MR) is 88.5 cm³/mol. The highest BCUT2D eigenvalue weighted by Crippen LogP contribution is 2.25. The lowest BCUT2D eigenvalue weighted by molar-refractivity contribution is 0.0698. The molecule has 1 heterocycles. The van der Waals surface area contributed by atoms with Crippen molar-refractivity contribution < 1.29 is 18.3 Å². The van der Waals surface area contributed by atoms with E-state index in [0.717, 1.165) is 6.07 Å². The van der Waals surface area contributed by atoms with Gasteiger partial charge in [-0.15, -0.1) is 0 Å². The molecule has 3 aromatic rings. The molecule has 2 aromatic carbocycles. The molecule has 0 radical (unpaired) electrons. The number of benzene rings is 2. The maximum atomic E-state index is 12.7. The first-order chi connectivity index (χ1) is 11.9. The van der Waals surface area contributed by atoms with Gasteiger partial charge < -0.3 is 5.11 Å². The molecule has 9 heteroatoms. The number of aromatic carboxylic acids is 1. The molecule has 0 aliphatic heterocycles. The maximum Gasteiger partial charge on any atom is 0.337 e. The molecule has 0 spiro atoms. The van der Waals surface area contributed by atoms with E-state index in [1.165, 1.54) is 36.7 Å². The second-order valence-corrected chi connectivity index (χ2v) is 6.61. The van der Waals surface area contributed by atoms with Crippen molar-refractivity contribution in [1.29, 1.82) is 5.26 Å². The minimum atomic E-state index is -4.15. The zero-order chi connectivity index (χ0) is 18.0. The molecule has 0 aliphatic rings. The number of anilines is 1. The van der Waals surface area contributed by atoms with Crippen molar-refractivity contribution in [3.05, 3.63) is 59.9 Å². The molecule has 0 saturated heterocycles. The molecule has 3 rings (SSSR count). The summed E-state index contributed by atoms with van der Waals surface area (Å²) in [4.78, 5) is 19.2. The van der Waals surface area contributed by atoms with Crippen LogP contribution in [0.25, 0.3) is 11.0 Å². The molecule has 1 aromatic heterocycles. The number of rotatable bonds is 4. The smallest absolute Gasteiger partial charge is 0.337 e. The van der Waals surface area contributed by atoms with Crippen LogP contribution < -0.4 is 4.72 Å². The number of sulfonamides is 1. The normalized spacial score (nSPS) is 11.0. The first-order valence-electron chi connectivity index (χ1n) is 6.92. The molecule has 0 amide bonds. The van der Waals surface area contributed by atoms with E-state index >= 15 is 0 Å². The third-order valence-electron chi connectivity index (χ3n) is 3.37. The summed E-state index contributed by atoms with van der Waals surface area (Å²) in [6, 6.07) is 9.93. The van der Waals surface area contributed by atoms with Crippen LogP contribution in [0.4, 0.5) is 5.69 Å². The third-order valence-corrected chi connectivity index (χ3v) is 4.77. The molecule has 124 valence electrons. The SMILES string of the molecule is N#Cc1ccc(C(=O)O)c(NS(=O)(=O)c2cccc3nccnc23)c1. The summed E-state index contributed by atoms with van der Waals surface area (Å²) < 4.78 is 27.7.